The van der Waals surface area contributed by atoms with Crippen LogP contribution in [0.2, 0.25) is 0 Å². The highest BCUT2D eigenvalue weighted by Gasteiger charge is 2.22. The summed E-state index contributed by atoms with van der Waals surface area (Å²) >= 11 is 0. The summed E-state index contributed by atoms with van der Waals surface area (Å²) in [6.45, 7) is 13.5. The number of aromatic nitrogens is 5. The second-order valence-corrected chi connectivity index (χ2v) is 6.89. The molecule has 1 unspecified atom stereocenters. The lowest BCUT2D eigenvalue weighted by atomic mass is 10.2. The van der Waals surface area contributed by atoms with Crippen LogP contribution in [0.1, 0.15) is 69.0 Å². The fourth-order valence-corrected chi connectivity index (χ4v) is 3.13. The molecule has 0 spiro atoms. The molecule has 2 aromatic rings. The second-order valence-electron chi connectivity index (χ2n) is 6.89. The van der Waals surface area contributed by atoms with E-state index in [-0.39, 0.29) is 12.1 Å². The predicted octanol–water partition coefficient (Wildman–Crippen LogP) is 2.98. The monoisotopic (exact) mass is 361 g/mol. The molecule has 0 fully saturated rings. The van der Waals surface area contributed by atoms with Gasteiger partial charge < -0.3 is 10.2 Å². The summed E-state index contributed by atoms with van der Waals surface area (Å²) in [4.78, 5) is 18.7. The first kappa shape index (κ1) is 19.9. The Morgan fingerprint density at radius 1 is 1.31 bits per heavy atom. The highest BCUT2D eigenvalue weighted by atomic mass is 16.2. The van der Waals surface area contributed by atoms with Crippen molar-refractivity contribution >= 4 is 6.03 Å². The van der Waals surface area contributed by atoms with Gasteiger partial charge in [0.1, 0.15) is 12.2 Å². The fourth-order valence-electron chi connectivity index (χ4n) is 3.13. The van der Waals surface area contributed by atoms with Crippen molar-refractivity contribution in [1.29, 1.82) is 0 Å². The van der Waals surface area contributed by atoms with Crippen LogP contribution < -0.4 is 5.32 Å². The molecule has 0 aliphatic carbocycles. The van der Waals surface area contributed by atoms with Crippen LogP contribution in [0.4, 0.5) is 4.79 Å². The quantitative estimate of drug-likeness (QED) is 0.822. The Hall–Kier alpha value is -2.38. The van der Waals surface area contributed by atoms with Crippen molar-refractivity contribution in [2.75, 3.05) is 7.05 Å². The molecular formula is C18H31N7O. The Balaban J connectivity index is 2.10. The van der Waals surface area contributed by atoms with Crippen molar-refractivity contribution in [2.24, 2.45) is 0 Å². The lowest BCUT2D eigenvalue weighted by molar-refractivity contribution is 0.201. The molecule has 8 nitrogen and oxygen atoms in total. The molecule has 0 saturated carbocycles. The minimum absolute atomic E-state index is 0.126. The SMILES string of the molecule is CCC(NC(=O)N(C)Cc1c(C)nn(C(C)C)c1C)c1ncnn1CC. The Kier molecular flexibility index (Phi) is 6.39. The molecule has 0 saturated heterocycles. The Morgan fingerprint density at radius 2 is 2.00 bits per heavy atom. The van der Waals surface area contributed by atoms with Crippen LogP contribution in [0.5, 0.6) is 0 Å². The zero-order valence-corrected chi connectivity index (χ0v) is 16.9. The third-order valence-electron chi connectivity index (χ3n) is 4.67. The van der Waals surface area contributed by atoms with Crippen LogP contribution in [-0.4, -0.2) is 42.5 Å². The Morgan fingerprint density at radius 3 is 2.54 bits per heavy atom. The van der Waals surface area contributed by atoms with Gasteiger partial charge in [-0.05, 0) is 41.0 Å². The van der Waals surface area contributed by atoms with E-state index in [1.165, 1.54) is 6.33 Å². The van der Waals surface area contributed by atoms with Crippen molar-refractivity contribution < 1.29 is 4.79 Å². The van der Waals surface area contributed by atoms with Gasteiger partial charge in [0.25, 0.3) is 0 Å². The Bertz CT molecular complexity index is 747. The van der Waals surface area contributed by atoms with E-state index in [0.29, 0.717) is 12.6 Å². The number of urea groups is 1. The van der Waals surface area contributed by atoms with Crippen LogP contribution >= 0.6 is 0 Å². The standard InChI is InChI=1S/C18H31N7O/c1-8-16(17-19-11-20-24(17)9-2)21-18(26)23(7)10-15-13(5)22-25(12(3)4)14(15)6/h11-12,16H,8-10H2,1-7H3,(H,21,26). The first-order chi connectivity index (χ1) is 12.3. The van der Waals surface area contributed by atoms with E-state index < -0.39 is 0 Å². The third-order valence-corrected chi connectivity index (χ3v) is 4.67. The van der Waals surface area contributed by atoms with E-state index in [2.05, 4.69) is 41.3 Å². The Labute approximate surface area is 155 Å². The molecule has 2 aromatic heterocycles. The average Bonchev–Trinajstić information content (AvgIpc) is 3.18. The molecule has 1 N–H and O–H groups in total. The van der Waals surface area contributed by atoms with Gasteiger partial charge >= 0.3 is 6.03 Å². The largest absolute Gasteiger partial charge is 0.328 e. The molecule has 0 aromatic carbocycles. The van der Waals surface area contributed by atoms with Crippen molar-refractivity contribution in [1.82, 2.24) is 34.8 Å². The van der Waals surface area contributed by atoms with E-state index >= 15 is 0 Å². The van der Waals surface area contributed by atoms with E-state index in [4.69, 9.17) is 0 Å². The fraction of sp³-hybridized carbons (Fsp3) is 0.667. The second kappa shape index (κ2) is 8.33. The van der Waals surface area contributed by atoms with Crippen molar-refractivity contribution in [3.05, 3.63) is 29.1 Å². The van der Waals surface area contributed by atoms with Crippen LogP contribution in [0.3, 0.4) is 0 Å². The van der Waals surface area contributed by atoms with E-state index in [0.717, 1.165) is 35.7 Å². The van der Waals surface area contributed by atoms with E-state index in [1.54, 1.807) is 11.9 Å². The van der Waals surface area contributed by atoms with Gasteiger partial charge in [0.2, 0.25) is 0 Å². The summed E-state index contributed by atoms with van der Waals surface area (Å²) in [5.41, 5.74) is 3.17. The van der Waals surface area contributed by atoms with Gasteiger partial charge in [-0.3, -0.25) is 4.68 Å². The molecule has 2 heterocycles. The number of nitrogens with zero attached hydrogens (tertiary/aromatic N) is 6. The number of rotatable bonds is 7. The molecule has 2 amide bonds. The van der Waals surface area contributed by atoms with Gasteiger partial charge in [-0.25, -0.2) is 14.5 Å². The van der Waals surface area contributed by atoms with Crippen LogP contribution in [0, 0.1) is 13.8 Å². The molecule has 0 bridgehead atoms. The average molecular weight is 361 g/mol. The molecule has 0 aliphatic heterocycles. The van der Waals surface area contributed by atoms with Gasteiger partial charge in [0.15, 0.2) is 0 Å². The summed E-state index contributed by atoms with van der Waals surface area (Å²) in [7, 11) is 1.80. The summed E-state index contributed by atoms with van der Waals surface area (Å²) in [6.07, 6.45) is 2.28. The van der Waals surface area contributed by atoms with Crippen molar-refractivity contribution in [2.45, 2.75) is 73.1 Å². The number of carbonyl (C=O) groups excluding carboxylic acids is 1. The van der Waals surface area contributed by atoms with Crippen LogP contribution in [-0.2, 0) is 13.1 Å². The minimum Gasteiger partial charge on any atom is -0.328 e. The topological polar surface area (TPSA) is 80.9 Å². The van der Waals surface area contributed by atoms with E-state index in [9.17, 15) is 4.79 Å². The number of nitrogens with one attached hydrogen (secondary N) is 1. The van der Waals surface area contributed by atoms with Crippen LogP contribution in [0.25, 0.3) is 0 Å². The lowest BCUT2D eigenvalue weighted by Gasteiger charge is -2.23. The van der Waals surface area contributed by atoms with Crippen molar-refractivity contribution in [3.8, 4) is 0 Å². The zero-order valence-electron chi connectivity index (χ0n) is 16.9. The summed E-state index contributed by atoms with van der Waals surface area (Å²) in [5, 5.41) is 11.9. The highest BCUT2D eigenvalue weighted by molar-refractivity contribution is 5.74. The molecule has 0 aliphatic rings. The number of amides is 2. The predicted molar refractivity (Wildman–Crippen MR) is 101 cm³/mol. The molecule has 0 radical (unpaired) electrons. The molecule has 8 heteroatoms. The first-order valence-electron chi connectivity index (χ1n) is 9.23. The molecule has 1 atom stereocenters. The zero-order chi connectivity index (χ0) is 19.4. The van der Waals surface area contributed by atoms with Crippen molar-refractivity contribution in [3.63, 3.8) is 0 Å². The number of hydrogen-bond acceptors (Lipinski definition) is 4. The van der Waals surface area contributed by atoms with E-state index in [1.807, 2.05) is 30.1 Å². The minimum atomic E-state index is -0.159. The summed E-state index contributed by atoms with van der Waals surface area (Å²) in [5.74, 6) is 0.789. The number of hydrogen-bond donors (Lipinski definition) is 1. The van der Waals surface area contributed by atoms with Gasteiger partial charge in [0.05, 0.1) is 18.3 Å². The third kappa shape index (κ3) is 4.05. The maximum atomic E-state index is 12.7. The summed E-state index contributed by atoms with van der Waals surface area (Å²) in [6, 6.07) is 0.0121. The van der Waals surface area contributed by atoms with Gasteiger partial charge in [-0.2, -0.15) is 10.2 Å². The summed E-state index contributed by atoms with van der Waals surface area (Å²) < 4.78 is 3.82. The van der Waals surface area contributed by atoms with Crippen LogP contribution in [0.15, 0.2) is 6.33 Å². The number of aryl methyl sites for hydroxylation is 2. The maximum Gasteiger partial charge on any atom is 0.318 e. The molecule has 2 rings (SSSR count). The molecular weight excluding hydrogens is 330 g/mol. The molecule has 26 heavy (non-hydrogen) atoms. The normalized spacial score (nSPS) is 12.5. The highest BCUT2D eigenvalue weighted by Crippen LogP contribution is 2.19. The van der Waals surface area contributed by atoms with Gasteiger partial charge in [-0.15, -0.1) is 0 Å². The molecule has 144 valence electrons. The smallest absolute Gasteiger partial charge is 0.318 e. The maximum absolute atomic E-state index is 12.7. The van der Waals surface area contributed by atoms with Gasteiger partial charge in [-0.1, -0.05) is 6.92 Å². The first-order valence-corrected chi connectivity index (χ1v) is 9.23. The van der Waals surface area contributed by atoms with Gasteiger partial charge in [0, 0.05) is 30.9 Å². The lowest BCUT2D eigenvalue weighted by Crippen LogP contribution is -2.39. The number of carbonyl (C=O) groups is 1.